The maximum absolute atomic E-state index is 13.1. The third kappa shape index (κ3) is 4.88. The fourth-order valence-electron chi connectivity index (χ4n) is 2.49. The summed E-state index contributed by atoms with van der Waals surface area (Å²) in [6.07, 6.45) is 2.89. The number of hydrogen-bond donors (Lipinski definition) is 1. The van der Waals surface area contributed by atoms with Gasteiger partial charge in [-0.15, -0.1) is 0 Å². The Morgan fingerprint density at radius 2 is 2.23 bits per heavy atom. The van der Waals surface area contributed by atoms with E-state index in [0.717, 1.165) is 5.75 Å². The van der Waals surface area contributed by atoms with E-state index in [1.807, 2.05) is 6.26 Å². The number of carbonyl (C=O) groups excluding carboxylic acids is 1. The van der Waals surface area contributed by atoms with Gasteiger partial charge in [0.05, 0.1) is 0 Å². The van der Waals surface area contributed by atoms with Crippen molar-refractivity contribution >= 4 is 17.7 Å². The number of carbonyl (C=O) groups is 1. The molecule has 22 heavy (non-hydrogen) atoms. The standard InChI is InChI=1S/C16H22FNO3S/c1-22-10-7-15(19)16(20)18-8-5-13(6-9-18)21-14-4-2-3-12(17)11-14/h2-4,11,13,15,19H,5-10H2,1H3/t15-/m1/s1. The van der Waals surface area contributed by atoms with Gasteiger partial charge in [0.1, 0.15) is 23.8 Å². The predicted molar refractivity (Wildman–Crippen MR) is 85.6 cm³/mol. The van der Waals surface area contributed by atoms with E-state index in [2.05, 4.69) is 0 Å². The molecule has 1 aliphatic heterocycles. The Balaban J connectivity index is 1.79. The summed E-state index contributed by atoms with van der Waals surface area (Å²) in [5, 5.41) is 9.86. The highest BCUT2D eigenvalue weighted by molar-refractivity contribution is 7.98. The number of ether oxygens (including phenoxy) is 1. The third-order valence-corrected chi connectivity index (χ3v) is 4.38. The van der Waals surface area contributed by atoms with Gasteiger partial charge in [0, 0.05) is 32.0 Å². The number of benzene rings is 1. The Labute approximate surface area is 134 Å². The van der Waals surface area contributed by atoms with Gasteiger partial charge < -0.3 is 14.7 Å². The lowest BCUT2D eigenvalue weighted by Gasteiger charge is -2.33. The van der Waals surface area contributed by atoms with E-state index in [9.17, 15) is 14.3 Å². The molecule has 1 fully saturated rings. The molecular formula is C16H22FNO3S. The molecule has 1 aliphatic rings. The Hall–Kier alpha value is -1.27. The fraction of sp³-hybridized carbons (Fsp3) is 0.562. The number of nitrogens with zero attached hydrogens (tertiary/aromatic N) is 1. The van der Waals surface area contributed by atoms with Gasteiger partial charge in [-0.1, -0.05) is 6.07 Å². The summed E-state index contributed by atoms with van der Waals surface area (Å²) >= 11 is 1.62. The zero-order valence-corrected chi connectivity index (χ0v) is 13.5. The van der Waals surface area contributed by atoms with Gasteiger partial charge in [0.15, 0.2) is 0 Å². The summed E-state index contributed by atoms with van der Waals surface area (Å²) < 4.78 is 18.9. The minimum atomic E-state index is -0.909. The maximum atomic E-state index is 13.1. The zero-order chi connectivity index (χ0) is 15.9. The van der Waals surface area contributed by atoms with Gasteiger partial charge in [-0.05, 0) is 30.6 Å². The number of amides is 1. The Kier molecular flexibility index (Phi) is 6.51. The van der Waals surface area contributed by atoms with Crippen LogP contribution in [0.15, 0.2) is 24.3 Å². The fourth-order valence-corrected chi connectivity index (χ4v) is 2.95. The molecule has 0 saturated carbocycles. The number of aliphatic hydroxyl groups is 1. The van der Waals surface area contributed by atoms with Crippen molar-refractivity contribution in [3.63, 3.8) is 0 Å². The first-order valence-corrected chi connectivity index (χ1v) is 8.87. The lowest BCUT2D eigenvalue weighted by Crippen LogP contribution is -2.46. The van der Waals surface area contributed by atoms with E-state index in [0.29, 0.717) is 38.1 Å². The minimum Gasteiger partial charge on any atom is -0.490 e. The number of likely N-dealkylation sites (tertiary alicyclic amines) is 1. The maximum Gasteiger partial charge on any atom is 0.251 e. The third-order valence-electron chi connectivity index (χ3n) is 3.73. The van der Waals surface area contributed by atoms with Crippen LogP contribution in [0, 0.1) is 5.82 Å². The quantitative estimate of drug-likeness (QED) is 0.871. The number of thioether (sulfide) groups is 1. The lowest BCUT2D eigenvalue weighted by atomic mass is 10.1. The highest BCUT2D eigenvalue weighted by atomic mass is 32.2. The van der Waals surface area contributed by atoms with Crippen LogP contribution in [-0.2, 0) is 4.79 Å². The van der Waals surface area contributed by atoms with Crippen LogP contribution < -0.4 is 4.74 Å². The molecule has 1 aromatic carbocycles. The molecule has 1 heterocycles. The lowest BCUT2D eigenvalue weighted by molar-refractivity contribution is -0.142. The van der Waals surface area contributed by atoms with Crippen molar-refractivity contribution in [3.05, 3.63) is 30.1 Å². The molecule has 6 heteroatoms. The topological polar surface area (TPSA) is 49.8 Å². The molecule has 4 nitrogen and oxygen atoms in total. The molecule has 0 radical (unpaired) electrons. The second-order valence-electron chi connectivity index (χ2n) is 5.40. The van der Waals surface area contributed by atoms with Crippen molar-refractivity contribution in [2.45, 2.75) is 31.5 Å². The molecule has 2 rings (SSSR count). The highest BCUT2D eigenvalue weighted by Gasteiger charge is 2.27. The Morgan fingerprint density at radius 1 is 1.50 bits per heavy atom. The van der Waals surface area contributed by atoms with E-state index >= 15 is 0 Å². The first kappa shape index (κ1) is 17.1. The number of rotatable bonds is 6. The zero-order valence-electron chi connectivity index (χ0n) is 12.7. The van der Waals surface area contributed by atoms with Gasteiger partial charge in [0.25, 0.3) is 5.91 Å². The molecule has 0 aromatic heterocycles. The average molecular weight is 327 g/mol. The van der Waals surface area contributed by atoms with Crippen LogP contribution >= 0.6 is 11.8 Å². The molecule has 0 unspecified atom stereocenters. The second-order valence-corrected chi connectivity index (χ2v) is 6.38. The second kappa shape index (κ2) is 8.39. The summed E-state index contributed by atoms with van der Waals surface area (Å²) in [4.78, 5) is 13.8. The molecule has 1 aromatic rings. The SMILES string of the molecule is CSCC[C@@H](O)C(=O)N1CCC(Oc2cccc(F)c2)CC1. The highest BCUT2D eigenvalue weighted by Crippen LogP contribution is 2.20. The molecular weight excluding hydrogens is 305 g/mol. The van der Waals surface area contributed by atoms with E-state index in [1.54, 1.807) is 28.8 Å². The van der Waals surface area contributed by atoms with Gasteiger partial charge in [-0.3, -0.25) is 4.79 Å². The number of aliphatic hydroxyl groups excluding tert-OH is 1. The summed E-state index contributed by atoms with van der Waals surface area (Å²) in [6, 6.07) is 6.09. The predicted octanol–water partition coefficient (Wildman–Crippen LogP) is 2.31. The summed E-state index contributed by atoms with van der Waals surface area (Å²) in [5.74, 6) is 0.775. The van der Waals surface area contributed by atoms with Crippen molar-refractivity contribution < 1.29 is 19.0 Å². The Bertz CT molecular complexity index is 492. The van der Waals surface area contributed by atoms with E-state index in [-0.39, 0.29) is 17.8 Å². The van der Waals surface area contributed by atoms with Crippen LogP contribution in [0.5, 0.6) is 5.75 Å². The van der Waals surface area contributed by atoms with Crippen LogP contribution in [0.25, 0.3) is 0 Å². The van der Waals surface area contributed by atoms with Crippen molar-refractivity contribution in [1.82, 2.24) is 4.90 Å². The minimum absolute atomic E-state index is 0.0193. The van der Waals surface area contributed by atoms with E-state index in [4.69, 9.17) is 4.74 Å². The van der Waals surface area contributed by atoms with Gasteiger partial charge in [-0.25, -0.2) is 4.39 Å². The molecule has 0 spiro atoms. The monoisotopic (exact) mass is 327 g/mol. The van der Waals surface area contributed by atoms with Crippen molar-refractivity contribution in [3.8, 4) is 5.75 Å². The number of halogens is 1. The molecule has 0 aliphatic carbocycles. The van der Waals surface area contributed by atoms with Crippen molar-refractivity contribution in [2.75, 3.05) is 25.1 Å². The summed E-state index contributed by atoms with van der Waals surface area (Å²) in [5.41, 5.74) is 0. The van der Waals surface area contributed by atoms with Crippen LogP contribution in [0.1, 0.15) is 19.3 Å². The van der Waals surface area contributed by atoms with Crippen LogP contribution in [-0.4, -0.2) is 53.2 Å². The molecule has 1 N–H and O–H groups in total. The first-order valence-electron chi connectivity index (χ1n) is 7.48. The largest absolute Gasteiger partial charge is 0.490 e. The molecule has 0 bridgehead atoms. The number of hydrogen-bond acceptors (Lipinski definition) is 4. The van der Waals surface area contributed by atoms with Crippen molar-refractivity contribution in [2.24, 2.45) is 0 Å². The normalized spacial score (nSPS) is 17.3. The van der Waals surface area contributed by atoms with Crippen LogP contribution in [0.4, 0.5) is 4.39 Å². The van der Waals surface area contributed by atoms with Gasteiger partial charge >= 0.3 is 0 Å². The average Bonchev–Trinajstić information content (AvgIpc) is 2.52. The molecule has 1 atom stereocenters. The molecule has 122 valence electrons. The first-order chi connectivity index (χ1) is 10.6. The van der Waals surface area contributed by atoms with Gasteiger partial charge in [-0.2, -0.15) is 11.8 Å². The van der Waals surface area contributed by atoms with Crippen LogP contribution in [0.2, 0.25) is 0 Å². The smallest absolute Gasteiger partial charge is 0.251 e. The van der Waals surface area contributed by atoms with Crippen molar-refractivity contribution in [1.29, 1.82) is 0 Å². The molecule has 1 amide bonds. The van der Waals surface area contributed by atoms with E-state index in [1.165, 1.54) is 12.1 Å². The van der Waals surface area contributed by atoms with E-state index < -0.39 is 6.10 Å². The van der Waals surface area contributed by atoms with Gasteiger partial charge in [0.2, 0.25) is 0 Å². The molecule has 1 saturated heterocycles. The number of piperidine rings is 1. The Morgan fingerprint density at radius 3 is 2.86 bits per heavy atom. The summed E-state index contributed by atoms with van der Waals surface area (Å²) in [7, 11) is 0. The van der Waals surface area contributed by atoms with Crippen LogP contribution in [0.3, 0.4) is 0 Å². The summed E-state index contributed by atoms with van der Waals surface area (Å²) in [6.45, 7) is 1.13.